The zero-order chi connectivity index (χ0) is 20.4. The van der Waals surface area contributed by atoms with Crippen LogP contribution in [0.15, 0.2) is 48.5 Å². The molecule has 2 aromatic rings. The average molecular weight is 384 g/mol. The second-order valence-electron chi connectivity index (χ2n) is 5.78. The SMILES string of the molecule is CCOc1ccc(OCC)c(C(=O)/C=C/c2ccc(OCCC(=O)O)cc2)c1. The molecule has 0 aliphatic carbocycles. The zero-order valence-electron chi connectivity index (χ0n) is 16.0. The van der Waals surface area contributed by atoms with Gasteiger partial charge in [-0.15, -0.1) is 0 Å². The minimum Gasteiger partial charge on any atom is -0.494 e. The Labute approximate surface area is 164 Å². The number of benzene rings is 2. The molecule has 0 fully saturated rings. The molecule has 0 spiro atoms. The van der Waals surface area contributed by atoms with E-state index < -0.39 is 5.97 Å². The van der Waals surface area contributed by atoms with E-state index in [0.29, 0.717) is 36.0 Å². The van der Waals surface area contributed by atoms with Gasteiger partial charge in [0.15, 0.2) is 5.78 Å². The highest BCUT2D eigenvalue weighted by Gasteiger charge is 2.12. The first-order valence-electron chi connectivity index (χ1n) is 9.10. The average Bonchev–Trinajstić information content (AvgIpc) is 2.68. The third-order valence-electron chi connectivity index (χ3n) is 3.72. The van der Waals surface area contributed by atoms with E-state index in [-0.39, 0.29) is 18.8 Å². The molecule has 0 bridgehead atoms. The van der Waals surface area contributed by atoms with Gasteiger partial charge in [-0.05, 0) is 55.8 Å². The molecular weight excluding hydrogens is 360 g/mol. The van der Waals surface area contributed by atoms with E-state index in [0.717, 1.165) is 5.56 Å². The second-order valence-corrected chi connectivity index (χ2v) is 5.78. The van der Waals surface area contributed by atoms with Crippen molar-refractivity contribution in [2.75, 3.05) is 19.8 Å². The molecule has 0 aliphatic heterocycles. The van der Waals surface area contributed by atoms with Gasteiger partial charge < -0.3 is 19.3 Å². The summed E-state index contributed by atoms with van der Waals surface area (Å²) in [5, 5.41) is 8.61. The summed E-state index contributed by atoms with van der Waals surface area (Å²) in [5.41, 5.74) is 1.26. The van der Waals surface area contributed by atoms with Gasteiger partial charge >= 0.3 is 5.97 Å². The van der Waals surface area contributed by atoms with E-state index in [2.05, 4.69) is 0 Å². The fourth-order valence-corrected chi connectivity index (χ4v) is 2.43. The summed E-state index contributed by atoms with van der Waals surface area (Å²) in [6.07, 6.45) is 3.12. The quantitative estimate of drug-likeness (QED) is 0.461. The molecule has 0 amide bonds. The van der Waals surface area contributed by atoms with Crippen LogP contribution >= 0.6 is 0 Å². The lowest BCUT2D eigenvalue weighted by atomic mass is 10.1. The van der Waals surface area contributed by atoms with Crippen LogP contribution in [0.5, 0.6) is 17.2 Å². The molecule has 0 saturated carbocycles. The summed E-state index contributed by atoms with van der Waals surface area (Å²) >= 11 is 0. The van der Waals surface area contributed by atoms with Crippen LogP contribution in [0.25, 0.3) is 6.08 Å². The molecule has 0 aromatic heterocycles. The second kappa shape index (κ2) is 10.8. The van der Waals surface area contributed by atoms with Crippen LogP contribution < -0.4 is 14.2 Å². The lowest BCUT2D eigenvalue weighted by molar-refractivity contribution is -0.137. The third-order valence-corrected chi connectivity index (χ3v) is 3.72. The number of carbonyl (C=O) groups is 2. The van der Waals surface area contributed by atoms with E-state index in [1.54, 1.807) is 48.5 Å². The predicted octanol–water partition coefficient (Wildman–Crippen LogP) is 4.23. The Morgan fingerprint density at radius 3 is 2.25 bits per heavy atom. The predicted molar refractivity (Wildman–Crippen MR) is 106 cm³/mol. The van der Waals surface area contributed by atoms with Crippen molar-refractivity contribution in [1.82, 2.24) is 0 Å². The van der Waals surface area contributed by atoms with Gasteiger partial charge in [-0.1, -0.05) is 18.2 Å². The number of hydrogen-bond acceptors (Lipinski definition) is 5. The Kier molecular flexibility index (Phi) is 8.09. The summed E-state index contributed by atoms with van der Waals surface area (Å²) in [6, 6.07) is 12.2. The maximum Gasteiger partial charge on any atom is 0.306 e. The van der Waals surface area contributed by atoms with Crippen molar-refractivity contribution >= 4 is 17.8 Å². The first-order chi connectivity index (χ1) is 13.5. The lowest BCUT2D eigenvalue weighted by Crippen LogP contribution is -2.04. The smallest absolute Gasteiger partial charge is 0.306 e. The van der Waals surface area contributed by atoms with Gasteiger partial charge in [0.25, 0.3) is 0 Å². The summed E-state index contributed by atoms with van der Waals surface area (Å²) in [4.78, 5) is 23.1. The highest BCUT2D eigenvalue weighted by Crippen LogP contribution is 2.25. The number of carboxylic acids is 1. The summed E-state index contributed by atoms with van der Waals surface area (Å²) in [7, 11) is 0. The molecule has 0 aliphatic rings. The molecule has 2 rings (SSSR count). The lowest BCUT2D eigenvalue weighted by Gasteiger charge is -2.10. The Morgan fingerprint density at radius 2 is 1.61 bits per heavy atom. The van der Waals surface area contributed by atoms with Crippen molar-refractivity contribution in [3.63, 3.8) is 0 Å². The largest absolute Gasteiger partial charge is 0.494 e. The zero-order valence-corrected chi connectivity index (χ0v) is 16.0. The maximum atomic E-state index is 12.6. The minimum absolute atomic E-state index is 0.0564. The fraction of sp³-hybridized carbons (Fsp3) is 0.273. The Bertz CT molecular complexity index is 823. The monoisotopic (exact) mass is 384 g/mol. The summed E-state index contributed by atoms with van der Waals surface area (Å²) in [6.45, 7) is 4.83. The number of aliphatic carboxylic acids is 1. The Hall–Kier alpha value is -3.28. The molecule has 6 nitrogen and oxygen atoms in total. The number of carbonyl (C=O) groups excluding carboxylic acids is 1. The minimum atomic E-state index is -0.905. The van der Waals surface area contributed by atoms with Crippen molar-refractivity contribution in [3.05, 3.63) is 59.7 Å². The van der Waals surface area contributed by atoms with Gasteiger partial charge in [-0.2, -0.15) is 0 Å². The maximum absolute atomic E-state index is 12.6. The van der Waals surface area contributed by atoms with Gasteiger partial charge in [-0.25, -0.2) is 0 Å². The van der Waals surface area contributed by atoms with Crippen molar-refractivity contribution in [2.24, 2.45) is 0 Å². The van der Waals surface area contributed by atoms with Crippen molar-refractivity contribution in [2.45, 2.75) is 20.3 Å². The highest BCUT2D eigenvalue weighted by molar-refractivity contribution is 6.08. The van der Waals surface area contributed by atoms with E-state index >= 15 is 0 Å². The molecule has 1 N–H and O–H groups in total. The Morgan fingerprint density at radius 1 is 0.929 bits per heavy atom. The normalized spacial score (nSPS) is 10.6. The number of carboxylic acid groups (broad SMARTS) is 1. The molecule has 0 saturated heterocycles. The van der Waals surface area contributed by atoms with Crippen molar-refractivity contribution in [1.29, 1.82) is 0 Å². The van der Waals surface area contributed by atoms with Crippen LogP contribution in [0.1, 0.15) is 36.2 Å². The van der Waals surface area contributed by atoms with Gasteiger partial charge in [0.1, 0.15) is 17.2 Å². The van der Waals surface area contributed by atoms with Gasteiger partial charge in [0.05, 0.1) is 31.8 Å². The summed E-state index contributed by atoms with van der Waals surface area (Å²) in [5.74, 6) is 0.616. The van der Waals surface area contributed by atoms with Gasteiger partial charge in [0, 0.05) is 0 Å². The molecule has 6 heteroatoms. The van der Waals surface area contributed by atoms with E-state index in [4.69, 9.17) is 19.3 Å². The highest BCUT2D eigenvalue weighted by atomic mass is 16.5. The van der Waals surface area contributed by atoms with E-state index in [1.165, 1.54) is 6.08 Å². The topological polar surface area (TPSA) is 82.1 Å². The number of hydrogen-bond donors (Lipinski definition) is 1. The number of ketones is 1. The van der Waals surface area contributed by atoms with Crippen LogP contribution in [0.3, 0.4) is 0 Å². The van der Waals surface area contributed by atoms with Crippen LogP contribution in [0.4, 0.5) is 0 Å². The Balaban J connectivity index is 2.08. The van der Waals surface area contributed by atoms with Crippen LogP contribution in [-0.4, -0.2) is 36.7 Å². The molecule has 148 valence electrons. The van der Waals surface area contributed by atoms with E-state index in [1.807, 2.05) is 13.8 Å². The number of ether oxygens (including phenoxy) is 3. The standard InChI is InChI=1S/C22H24O6/c1-3-26-18-10-12-21(27-4-2)19(15-18)20(23)11-7-16-5-8-17(9-6-16)28-14-13-22(24)25/h5-12,15H,3-4,13-14H2,1-2H3,(H,24,25)/b11-7+. The first kappa shape index (κ1) is 21.0. The molecular formula is C22H24O6. The molecule has 0 atom stereocenters. The van der Waals surface area contributed by atoms with Gasteiger partial charge in [0.2, 0.25) is 0 Å². The van der Waals surface area contributed by atoms with E-state index in [9.17, 15) is 9.59 Å². The van der Waals surface area contributed by atoms with Crippen molar-refractivity contribution in [3.8, 4) is 17.2 Å². The molecule has 2 aromatic carbocycles. The third kappa shape index (κ3) is 6.46. The first-order valence-corrected chi connectivity index (χ1v) is 9.10. The molecule has 0 radical (unpaired) electrons. The van der Waals surface area contributed by atoms with Crippen LogP contribution in [0.2, 0.25) is 0 Å². The number of allylic oxidation sites excluding steroid dienone is 1. The number of rotatable bonds is 11. The van der Waals surface area contributed by atoms with Crippen LogP contribution in [-0.2, 0) is 4.79 Å². The van der Waals surface area contributed by atoms with Crippen molar-refractivity contribution < 1.29 is 28.9 Å². The fourth-order valence-electron chi connectivity index (χ4n) is 2.43. The molecule has 0 heterocycles. The molecule has 28 heavy (non-hydrogen) atoms. The molecule has 0 unspecified atom stereocenters. The van der Waals surface area contributed by atoms with Gasteiger partial charge in [-0.3, -0.25) is 9.59 Å². The summed E-state index contributed by atoms with van der Waals surface area (Å²) < 4.78 is 16.4. The van der Waals surface area contributed by atoms with Crippen LogP contribution in [0, 0.1) is 0 Å².